The van der Waals surface area contributed by atoms with Gasteiger partial charge >= 0.3 is 18.1 Å². The molecule has 1 unspecified atom stereocenters. The molecule has 0 bridgehead atoms. The lowest BCUT2D eigenvalue weighted by Crippen LogP contribution is -2.32. The standard InChI is InChI=1S/C34H33F3N2O5/c1-22-29(32(40)42-3)31(27-9-4-10-28(20-27)34(35,36)37)30(23(2)39-22)33(41)44-18-17-43-16-6-8-24-11-13-25(14-12-24)19-26-7-5-15-38-21-26/h4-15,20-21,31,39H,16-19H2,1-3H3. The molecule has 4 rings (SSSR count). The van der Waals surface area contributed by atoms with Crippen molar-refractivity contribution in [2.45, 2.75) is 32.4 Å². The molecule has 1 aliphatic heterocycles. The number of esters is 2. The molecule has 0 spiro atoms. The summed E-state index contributed by atoms with van der Waals surface area (Å²) in [7, 11) is 1.17. The van der Waals surface area contributed by atoms with Gasteiger partial charge in [-0.05, 0) is 54.7 Å². The lowest BCUT2D eigenvalue weighted by Gasteiger charge is -2.30. The average Bonchev–Trinajstić information content (AvgIpc) is 3.00. The number of pyridine rings is 1. The van der Waals surface area contributed by atoms with Gasteiger partial charge in [0.25, 0.3) is 0 Å². The van der Waals surface area contributed by atoms with E-state index in [4.69, 9.17) is 14.2 Å². The van der Waals surface area contributed by atoms with Crippen LogP contribution in [0.1, 0.15) is 47.6 Å². The summed E-state index contributed by atoms with van der Waals surface area (Å²) in [6, 6.07) is 16.6. The minimum Gasteiger partial charge on any atom is -0.466 e. The highest BCUT2D eigenvalue weighted by molar-refractivity contribution is 5.99. The minimum absolute atomic E-state index is 0.0159. The van der Waals surface area contributed by atoms with Crippen LogP contribution in [-0.2, 0) is 36.4 Å². The Kier molecular flexibility index (Phi) is 10.7. The normalized spacial score (nSPS) is 15.4. The fourth-order valence-corrected chi connectivity index (χ4v) is 4.96. The number of nitrogens with zero attached hydrogens (tertiary/aromatic N) is 1. The van der Waals surface area contributed by atoms with E-state index >= 15 is 0 Å². The van der Waals surface area contributed by atoms with Gasteiger partial charge in [0.1, 0.15) is 6.61 Å². The fourth-order valence-electron chi connectivity index (χ4n) is 4.96. The van der Waals surface area contributed by atoms with Crippen LogP contribution in [0.15, 0.2) is 102 Å². The van der Waals surface area contributed by atoms with Crippen LogP contribution in [-0.4, -0.2) is 43.9 Å². The minimum atomic E-state index is -4.61. The van der Waals surface area contributed by atoms with E-state index in [2.05, 4.69) is 22.4 Å². The highest BCUT2D eigenvalue weighted by Crippen LogP contribution is 2.41. The van der Waals surface area contributed by atoms with Gasteiger partial charge in [-0.2, -0.15) is 13.2 Å². The number of aromatic nitrogens is 1. The number of hydrogen-bond donors (Lipinski definition) is 1. The zero-order valence-electron chi connectivity index (χ0n) is 24.6. The lowest BCUT2D eigenvalue weighted by molar-refractivity contribution is -0.141. The van der Waals surface area contributed by atoms with Crippen LogP contribution in [0.25, 0.3) is 6.08 Å². The van der Waals surface area contributed by atoms with Gasteiger partial charge in [0.2, 0.25) is 0 Å². The zero-order chi connectivity index (χ0) is 31.7. The van der Waals surface area contributed by atoms with Crippen LogP contribution in [0.4, 0.5) is 13.2 Å². The molecule has 0 saturated carbocycles. The molecule has 1 N–H and O–H groups in total. The van der Waals surface area contributed by atoms with Gasteiger partial charge in [-0.1, -0.05) is 60.7 Å². The van der Waals surface area contributed by atoms with Crippen molar-refractivity contribution >= 4 is 18.0 Å². The van der Waals surface area contributed by atoms with Gasteiger partial charge in [-0.15, -0.1) is 0 Å². The summed E-state index contributed by atoms with van der Waals surface area (Å²) in [6.07, 6.45) is 3.55. The van der Waals surface area contributed by atoms with E-state index in [1.807, 2.05) is 42.6 Å². The Morgan fingerprint density at radius 2 is 1.66 bits per heavy atom. The first-order valence-corrected chi connectivity index (χ1v) is 13.9. The molecule has 3 aromatic rings. The Morgan fingerprint density at radius 1 is 0.932 bits per heavy atom. The predicted octanol–water partition coefficient (Wildman–Crippen LogP) is 6.37. The SMILES string of the molecule is COC(=O)C1=C(C)NC(C)=C(C(=O)OCCOCC=Cc2ccc(Cc3cccnc3)cc2)C1c1cccc(C(F)(F)F)c1. The Morgan fingerprint density at radius 3 is 2.32 bits per heavy atom. The van der Waals surface area contributed by atoms with E-state index in [9.17, 15) is 22.8 Å². The first-order chi connectivity index (χ1) is 21.1. The van der Waals surface area contributed by atoms with Crippen LogP contribution >= 0.6 is 0 Å². The van der Waals surface area contributed by atoms with E-state index in [1.54, 1.807) is 20.0 Å². The average molecular weight is 607 g/mol. The van der Waals surface area contributed by atoms with Gasteiger partial charge in [-0.3, -0.25) is 4.98 Å². The second kappa shape index (κ2) is 14.7. The molecule has 1 atom stereocenters. The largest absolute Gasteiger partial charge is 0.466 e. The number of halogens is 3. The van der Waals surface area contributed by atoms with Crippen molar-refractivity contribution in [2.24, 2.45) is 0 Å². The quantitative estimate of drug-likeness (QED) is 0.201. The molecule has 0 saturated heterocycles. The predicted molar refractivity (Wildman–Crippen MR) is 159 cm³/mol. The summed E-state index contributed by atoms with van der Waals surface area (Å²) in [6.45, 7) is 3.46. The molecular weight excluding hydrogens is 573 g/mol. The molecule has 1 aliphatic rings. The smallest absolute Gasteiger partial charge is 0.416 e. The van der Waals surface area contributed by atoms with Gasteiger partial charge in [0.05, 0.1) is 43.0 Å². The molecule has 0 aliphatic carbocycles. The van der Waals surface area contributed by atoms with E-state index < -0.39 is 29.6 Å². The zero-order valence-corrected chi connectivity index (χ0v) is 24.6. The third kappa shape index (κ3) is 8.23. The summed E-state index contributed by atoms with van der Waals surface area (Å²) >= 11 is 0. The third-order valence-corrected chi connectivity index (χ3v) is 7.03. The summed E-state index contributed by atoms with van der Waals surface area (Å²) in [5, 5.41) is 2.96. The second-order valence-corrected chi connectivity index (χ2v) is 10.1. The van der Waals surface area contributed by atoms with Gasteiger partial charge < -0.3 is 19.5 Å². The first kappa shape index (κ1) is 32.2. The van der Waals surface area contributed by atoms with E-state index in [-0.39, 0.29) is 36.5 Å². The first-order valence-electron chi connectivity index (χ1n) is 13.9. The Bertz CT molecular complexity index is 1560. The molecule has 230 valence electrons. The van der Waals surface area contributed by atoms with Crippen LogP contribution in [0, 0.1) is 0 Å². The molecular formula is C34H33F3N2O5. The number of rotatable bonds is 11. The molecule has 2 aromatic carbocycles. The van der Waals surface area contributed by atoms with Crippen molar-refractivity contribution < 1.29 is 37.0 Å². The number of alkyl halides is 3. The summed E-state index contributed by atoms with van der Waals surface area (Å²) in [5.74, 6) is -2.68. The molecule has 0 fully saturated rings. The number of allylic oxidation sites excluding steroid dienone is 2. The van der Waals surface area contributed by atoms with Crippen LogP contribution < -0.4 is 5.32 Å². The Balaban J connectivity index is 1.35. The molecule has 10 heteroatoms. The van der Waals surface area contributed by atoms with Gasteiger partial charge in [0, 0.05) is 23.8 Å². The van der Waals surface area contributed by atoms with Crippen molar-refractivity contribution in [3.8, 4) is 0 Å². The highest BCUT2D eigenvalue weighted by atomic mass is 19.4. The van der Waals surface area contributed by atoms with Crippen molar-refractivity contribution in [3.63, 3.8) is 0 Å². The van der Waals surface area contributed by atoms with E-state index in [1.165, 1.54) is 24.8 Å². The lowest BCUT2D eigenvalue weighted by atomic mass is 9.80. The van der Waals surface area contributed by atoms with E-state index in [0.29, 0.717) is 11.4 Å². The number of methoxy groups -OCH3 is 1. The second-order valence-electron chi connectivity index (χ2n) is 10.1. The van der Waals surface area contributed by atoms with Crippen LogP contribution in [0.3, 0.4) is 0 Å². The fraction of sp³-hybridized carbons (Fsp3) is 0.265. The molecule has 0 amide bonds. The van der Waals surface area contributed by atoms with E-state index in [0.717, 1.165) is 29.7 Å². The number of carbonyl (C=O) groups excluding carboxylic acids is 2. The highest BCUT2D eigenvalue weighted by Gasteiger charge is 2.39. The number of dihydropyridines is 1. The Hall–Kier alpha value is -4.70. The molecule has 1 aromatic heterocycles. The summed E-state index contributed by atoms with van der Waals surface area (Å²) in [5.41, 5.74) is 3.29. The van der Waals surface area contributed by atoms with Gasteiger partial charge in [0.15, 0.2) is 0 Å². The maximum Gasteiger partial charge on any atom is 0.416 e. The van der Waals surface area contributed by atoms with Gasteiger partial charge in [-0.25, -0.2) is 9.59 Å². The number of ether oxygens (including phenoxy) is 3. The Labute approximate surface area is 254 Å². The molecule has 2 heterocycles. The van der Waals surface area contributed by atoms with Crippen molar-refractivity contribution in [3.05, 3.63) is 129 Å². The monoisotopic (exact) mass is 606 g/mol. The molecule has 44 heavy (non-hydrogen) atoms. The van der Waals surface area contributed by atoms with Crippen LogP contribution in [0.5, 0.6) is 0 Å². The summed E-state index contributed by atoms with van der Waals surface area (Å²) in [4.78, 5) is 30.1. The molecule has 0 radical (unpaired) electrons. The maximum atomic E-state index is 13.5. The maximum absolute atomic E-state index is 13.5. The number of benzene rings is 2. The van der Waals surface area contributed by atoms with Crippen molar-refractivity contribution in [1.82, 2.24) is 10.3 Å². The third-order valence-electron chi connectivity index (χ3n) is 7.03. The van der Waals surface area contributed by atoms with Crippen LogP contribution in [0.2, 0.25) is 0 Å². The number of hydrogen-bond acceptors (Lipinski definition) is 7. The van der Waals surface area contributed by atoms with Crippen molar-refractivity contribution in [1.29, 1.82) is 0 Å². The summed E-state index contributed by atoms with van der Waals surface area (Å²) < 4.78 is 56.4. The molecule has 7 nitrogen and oxygen atoms in total. The number of nitrogens with one attached hydrogen (secondary N) is 1. The topological polar surface area (TPSA) is 86.8 Å². The number of carbonyl (C=O) groups is 2. The van der Waals surface area contributed by atoms with Crippen molar-refractivity contribution in [2.75, 3.05) is 26.9 Å².